The largest absolute Gasteiger partial charge is 0.322 e. The van der Waals surface area contributed by atoms with Gasteiger partial charge in [0.15, 0.2) is 0 Å². The van der Waals surface area contributed by atoms with Crippen molar-refractivity contribution in [2.24, 2.45) is 10.2 Å². The van der Waals surface area contributed by atoms with Crippen molar-refractivity contribution in [3.8, 4) is 0 Å². The summed E-state index contributed by atoms with van der Waals surface area (Å²) >= 11 is 0. The molecule has 3 rings (SSSR count). The number of rotatable bonds is 4. The van der Waals surface area contributed by atoms with Crippen molar-refractivity contribution >= 4 is 23.0 Å². The molecule has 0 atom stereocenters. The third kappa shape index (κ3) is 4.38. The zero-order valence-corrected chi connectivity index (χ0v) is 14.2. The summed E-state index contributed by atoms with van der Waals surface area (Å²) in [5.74, 6) is -0.201. The number of amides is 1. The van der Waals surface area contributed by atoms with E-state index in [-0.39, 0.29) is 5.91 Å². The number of hydrogen-bond donors (Lipinski definition) is 1. The highest BCUT2D eigenvalue weighted by Crippen LogP contribution is 2.23. The third-order valence-corrected chi connectivity index (χ3v) is 3.66. The molecule has 0 aliphatic rings. The van der Waals surface area contributed by atoms with Crippen molar-refractivity contribution in [3.63, 3.8) is 0 Å². The first-order valence-corrected chi connectivity index (χ1v) is 8.07. The Morgan fingerprint density at radius 2 is 1.44 bits per heavy atom. The van der Waals surface area contributed by atoms with Crippen molar-refractivity contribution in [2.45, 2.75) is 13.8 Å². The highest BCUT2D eigenvalue weighted by atomic mass is 16.1. The maximum Gasteiger partial charge on any atom is 0.257 e. The lowest BCUT2D eigenvalue weighted by Gasteiger charge is -2.09. The predicted molar refractivity (Wildman–Crippen MR) is 101 cm³/mol. The maximum absolute atomic E-state index is 12.7. The fourth-order valence-corrected chi connectivity index (χ4v) is 2.60. The van der Waals surface area contributed by atoms with Gasteiger partial charge in [0.2, 0.25) is 0 Å². The number of nitrogens with zero attached hydrogens (tertiary/aromatic N) is 2. The summed E-state index contributed by atoms with van der Waals surface area (Å²) in [5, 5.41) is 11.4. The summed E-state index contributed by atoms with van der Waals surface area (Å²) in [5.41, 5.74) is 4.75. The molecule has 0 unspecified atom stereocenters. The quantitative estimate of drug-likeness (QED) is 0.589. The topological polar surface area (TPSA) is 53.8 Å². The molecule has 3 aromatic carbocycles. The number of aryl methyl sites for hydroxylation is 2. The molecule has 0 aromatic heterocycles. The number of carbonyl (C=O) groups excluding carboxylic acids is 1. The van der Waals surface area contributed by atoms with E-state index in [0.717, 1.165) is 22.5 Å². The molecule has 1 N–H and O–H groups in total. The van der Waals surface area contributed by atoms with E-state index in [9.17, 15) is 4.79 Å². The van der Waals surface area contributed by atoms with E-state index in [1.54, 1.807) is 12.1 Å². The molecule has 25 heavy (non-hydrogen) atoms. The molecule has 0 aliphatic heterocycles. The summed E-state index contributed by atoms with van der Waals surface area (Å²) in [7, 11) is 0. The van der Waals surface area contributed by atoms with Gasteiger partial charge in [-0.3, -0.25) is 4.79 Å². The summed E-state index contributed by atoms with van der Waals surface area (Å²) in [6, 6.07) is 22.6. The number of carbonyl (C=O) groups is 1. The van der Waals surface area contributed by atoms with Crippen molar-refractivity contribution < 1.29 is 4.79 Å². The number of azo groups is 1. The molecule has 0 fully saturated rings. The lowest BCUT2D eigenvalue weighted by Crippen LogP contribution is -2.12. The highest BCUT2D eigenvalue weighted by molar-refractivity contribution is 6.07. The van der Waals surface area contributed by atoms with Crippen molar-refractivity contribution in [1.29, 1.82) is 0 Å². The summed E-state index contributed by atoms with van der Waals surface area (Å²) in [6.07, 6.45) is 0. The summed E-state index contributed by atoms with van der Waals surface area (Å²) in [6.45, 7) is 4.01. The van der Waals surface area contributed by atoms with Crippen LogP contribution in [0.5, 0.6) is 0 Å². The Labute approximate surface area is 147 Å². The van der Waals surface area contributed by atoms with Gasteiger partial charge in [-0.1, -0.05) is 36.4 Å². The number of hydrogen-bond acceptors (Lipinski definition) is 3. The molecule has 0 radical (unpaired) electrons. The average Bonchev–Trinajstić information content (AvgIpc) is 2.60. The first-order chi connectivity index (χ1) is 12.1. The lowest BCUT2D eigenvalue weighted by atomic mass is 10.1. The van der Waals surface area contributed by atoms with Gasteiger partial charge in [0.25, 0.3) is 5.91 Å². The molecule has 4 nitrogen and oxygen atoms in total. The molecular weight excluding hydrogens is 310 g/mol. The summed E-state index contributed by atoms with van der Waals surface area (Å²) in [4.78, 5) is 12.7. The molecule has 0 saturated carbocycles. The Morgan fingerprint density at radius 1 is 0.800 bits per heavy atom. The van der Waals surface area contributed by atoms with Crippen LogP contribution < -0.4 is 5.32 Å². The van der Waals surface area contributed by atoms with Crippen LogP contribution in [-0.4, -0.2) is 5.91 Å². The molecule has 4 heteroatoms. The van der Waals surface area contributed by atoms with Crippen molar-refractivity contribution in [2.75, 3.05) is 5.32 Å². The van der Waals surface area contributed by atoms with Crippen LogP contribution in [0.1, 0.15) is 21.5 Å². The second-order valence-corrected chi connectivity index (χ2v) is 5.88. The van der Waals surface area contributed by atoms with Gasteiger partial charge in [0.1, 0.15) is 0 Å². The van der Waals surface area contributed by atoms with Gasteiger partial charge < -0.3 is 5.32 Å². The van der Waals surface area contributed by atoms with Crippen LogP contribution in [-0.2, 0) is 0 Å². The molecule has 0 bridgehead atoms. The number of nitrogens with one attached hydrogen (secondary N) is 1. The van der Waals surface area contributed by atoms with E-state index < -0.39 is 0 Å². The van der Waals surface area contributed by atoms with Crippen LogP contribution in [0.2, 0.25) is 0 Å². The van der Waals surface area contributed by atoms with E-state index >= 15 is 0 Å². The number of benzene rings is 3. The molecule has 0 spiro atoms. The van der Waals surface area contributed by atoms with Crippen LogP contribution in [0.4, 0.5) is 17.1 Å². The molecular formula is C21H19N3O. The van der Waals surface area contributed by atoms with E-state index in [1.807, 2.05) is 68.4 Å². The molecule has 1 amide bonds. The smallest absolute Gasteiger partial charge is 0.257 e. The van der Waals surface area contributed by atoms with E-state index in [2.05, 4.69) is 21.6 Å². The highest BCUT2D eigenvalue weighted by Gasteiger charge is 2.11. The lowest BCUT2D eigenvalue weighted by molar-refractivity contribution is 0.102. The van der Waals surface area contributed by atoms with Crippen LogP contribution in [0, 0.1) is 13.8 Å². The second kappa shape index (κ2) is 7.53. The molecule has 0 aliphatic carbocycles. The Balaban J connectivity index is 1.84. The van der Waals surface area contributed by atoms with Crippen LogP contribution in [0.3, 0.4) is 0 Å². The Hall–Kier alpha value is -3.27. The van der Waals surface area contributed by atoms with Crippen molar-refractivity contribution in [3.05, 3.63) is 89.5 Å². The Kier molecular flexibility index (Phi) is 5.00. The number of anilines is 1. The van der Waals surface area contributed by atoms with Gasteiger partial charge >= 0.3 is 0 Å². The minimum Gasteiger partial charge on any atom is -0.322 e. The fourth-order valence-electron chi connectivity index (χ4n) is 2.60. The average molecular weight is 329 g/mol. The third-order valence-electron chi connectivity index (χ3n) is 3.66. The van der Waals surface area contributed by atoms with Crippen LogP contribution in [0.25, 0.3) is 0 Å². The molecule has 3 aromatic rings. The first kappa shape index (κ1) is 16.6. The van der Waals surface area contributed by atoms with Gasteiger partial charge in [-0.2, -0.15) is 5.11 Å². The van der Waals surface area contributed by atoms with Gasteiger partial charge in [0.05, 0.1) is 16.9 Å². The van der Waals surface area contributed by atoms with E-state index in [1.165, 1.54) is 0 Å². The maximum atomic E-state index is 12.7. The molecule has 124 valence electrons. The molecule has 0 saturated heterocycles. The SMILES string of the molecule is Cc1cc(C)cc(NC(=O)c2ccccc2N=Nc2ccccc2)c1. The van der Waals surface area contributed by atoms with Crippen LogP contribution >= 0.6 is 0 Å². The van der Waals surface area contributed by atoms with Gasteiger partial charge in [-0.15, -0.1) is 5.11 Å². The predicted octanol–water partition coefficient (Wildman–Crippen LogP) is 5.97. The second-order valence-electron chi connectivity index (χ2n) is 5.88. The fraction of sp³-hybridized carbons (Fsp3) is 0.0952. The zero-order valence-electron chi connectivity index (χ0n) is 14.2. The Morgan fingerprint density at radius 3 is 2.16 bits per heavy atom. The summed E-state index contributed by atoms with van der Waals surface area (Å²) < 4.78 is 0. The van der Waals surface area contributed by atoms with E-state index in [4.69, 9.17) is 0 Å². The zero-order chi connectivity index (χ0) is 17.6. The van der Waals surface area contributed by atoms with Gasteiger partial charge in [0, 0.05) is 5.69 Å². The van der Waals surface area contributed by atoms with Gasteiger partial charge in [-0.05, 0) is 61.4 Å². The normalized spacial score (nSPS) is 10.8. The van der Waals surface area contributed by atoms with Crippen molar-refractivity contribution in [1.82, 2.24) is 0 Å². The molecule has 0 heterocycles. The van der Waals surface area contributed by atoms with E-state index in [0.29, 0.717) is 11.3 Å². The minimum absolute atomic E-state index is 0.201. The van der Waals surface area contributed by atoms with Gasteiger partial charge in [-0.25, -0.2) is 0 Å². The van der Waals surface area contributed by atoms with Crippen LogP contribution in [0.15, 0.2) is 83.0 Å². The Bertz CT molecular complexity index is 897. The minimum atomic E-state index is -0.201. The monoisotopic (exact) mass is 329 g/mol. The standard InChI is InChI=1S/C21H19N3O/c1-15-12-16(2)14-18(13-15)22-21(25)19-10-6-7-11-20(19)24-23-17-8-4-3-5-9-17/h3-14H,1-2H3,(H,22,25). The first-order valence-electron chi connectivity index (χ1n) is 8.07.